The first-order valence-corrected chi connectivity index (χ1v) is 6.14. The lowest BCUT2D eigenvalue weighted by Gasteiger charge is -2.04. The fraction of sp³-hybridized carbons (Fsp3) is 0.231. The van der Waals surface area contributed by atoms with E-state index in [0.29, 0.717) is 20.5 Å². The van der Waals surface area contributed by atoms with Crippen LogP contribution in [0.4, 0.5) is 4.39 Å². The number of halogens is 1. The van der Waals surface area contributed by atoms with Gasteiger partial charge in [-0.15, -0.1) is 11.3 Å². The first-order valence-electron chi connectivity index (χ1n) is 5.32. The molecule has 92 valence electrons. The second-order valence-corrected chi connectivity index (χ2v) is 4.90. The summed E-state index contributed by atoms with van der Waals surface area (Å²) in [7, 11) is 0. The molecule has 0 bridgehead atoms. The van der Waals surface area contributed by atoms with E-state index in [2.05, 4.69) is 0 Å². The van der Waals surface area contributed by atoms with Crippen molar-refractivity contribution in [1.29, 1.82) is 5.26 Å². The first kappa shape index (κ1) is 12.5. The fourth-order valence-electron chi connectivity index (χ4n) is 1.69. The van der Waals surface area contributed by atoms with Crippen LogP contribution in [0.3, 0.4) is 0 Å². The van der Waals surface area contributed by atoms with Crippen molar-refractivity contribution in [2.45, 2.75) is 20.0 Å². The van der Waals surface area contributed by atoms with Crippen molar-refractivity contribution < 1.29 is 13.9 Å². The van der Waals surface area contributed by atoms with Crippen LogP contribution in [0.15, 0.2) is 18.2 Å². The predicted octanol–water partition coefficient (Wildman–Crippen LogP) is 3.42. The number of thiophene rings is 1. The number of carbonyl (C=O) groups excluding carboxylic acids is 1. The zero-order chi connectivity index (χ0) is 13.3. The van der Waals surface area contributed by atoms with Crippen molar-refractivity contribution in [2.24, 2.45) is 0 Å². The number of benzene rings is 1. The third-order valence-corrected chi connectivity index (χ3v) is 3.79. The van der Waals surface area contributed by atoms with Gasteiger partial charge in [-0.2, -0.15) is 5.26 Å². The number of hydrogen-bond acceptors (Lipinski definition) is 4. The Hall–Kier alpha value is -1.93. The minimum absolute atomic E-state index is 0.345. The number of rotatable bonds is 2. The summed E-state index contributed by atoms with van der Waals surface area (Å²) < 4.78 is 19.3. The molecule has 0 unspecified atom stereocenters. The van der Waals surface area contributed by atoms with Gasteiger partial charge in [-0.05, 0) is 31.5 Å². The molecule has 0 saturated carbocycles. The van der Waals surface area contributed by atoms with E-state index in [9.17, 15) is 9.18 Å². The predicted molar refractivity (Wildman–Crippen MR) is 67.0 cm³/mol. The quantitative estimate of drug-likeness (QED) is 0.780. The molecule has 3 nitrogen and oxygen atoms in total. The molecule has 2 aromatic rings. The highest BCUT2D eigenvalue weighted by molar-refractivity contribution is 7.21. The summed E-state index contributed by atoms with van der Waals surface area (Å²) in [5.41, 5.74) is 0.559. The number of esters is 1. The zero-order valence-corrected chi connectivity index (χ0v) is 10.7. The lowest BCUT2D eigenvalue weighted by atomic mass is 10.1. The van der Waals surface area contributed by atoms with Gasteiger partial charge in [0.25, 0.3) is 0 Å². The van der Waals surface area contributed by atoms with E-state index < -0.39 is 12.1 Å². The van der Waals surface area contributed by atoms with E-state index in [1.54, 1.807) is 19.1 Å². The van der Waals surface area contributed by atoms with Crippen molar-refractivity contribution in [3.8, 4) is 6.07 Å². The summed E-state index contributed by atoms with van der Waals surface area (Å²) in [6, 6.07) is 6.52. The molecule has 0 fully saturated rings. The molecule has 0 radical (unpaired) electrons. The van der Waals surface area contributed by atoms with E-state index in [4.69, 9.17) is 10.00 Å². The average Bonchev–Trinajstić information content (AvgIpc) is 2.68. The standard InChI is InChI=1S/C13H10FNO2S/c1-7(6-15)17-13(16)12-8(2)11-9(14)4-3-5-10(11)18-12/h3-5,7H,1-2H3/t7-/m1/s1. The van der Waals surface area contributed by atoms with Gasteiger partial charge in [-0.3, -0.25) is 0 Å². The molecule has 0 N–H and O–H groups in total. The van der Waals surface area contributed by atoms with E-state index in [-0.39, 0.29) is 5.82 Å². The number of hydrogen-bond donors (Lipinski definition) is 0. The summed E-state index contributed by atoms with van der Waals surface area (Å²) in [6.07, 6.45) is -0.813. The number of carbonyl (C=O) groups is 1. The van der Waals surface area contributed by atoms with Gasteiger partial charge in [0.15, 0.2) is 6.10 Å². The van der Waals surface area contributed by atoms with E-state index in [1.807, 2.05) is 6.07 Å². The van der Waals surface area contributed by atoms with Crippen LogP contribution in [-0.2, 0) is 4.74 Å². The molecule has 1 heterocycles. The zero-order valence-electron chi connectivity index (χ0n) is 9.86. The topological polar surface area (TPSA) is 50.1 Å². The second kappa shape index (κ2) is 4.75. The molecular formula is C13H10FNO2S. The van der Waals surface area contributed by atoms with Crippen LogP contribution in [0.2, 0.25) is 0 Å². The summed E-state index contributed by atoms with van der Waals surface area (Å²) in [4.78, 5) is 12.2. The molecule has 0 aliphatic carbocycles. The normalized spacial score (nSPS) is 12.1. The van der Waals surface area contributed by atoms with Crippen molar-refractivity contribution in [3.05, 3.63) is 34.5 Å². The maximum atomic E-state index is 13.7. The summed E-state index contributed by atoms with van der Waals surface area (Å²) in [6.45, 7) is 3.16. The molecular weight excluding hydrogens is 253 g/mol. The van der Waals surface area contributed by atoms with Crippen LogP contribution >= 0.6 is 11.3 Å². The van der Waals surface area contributed by atoms with Gasteiger partial charge in [0, 0.05) is 10.1 Å². The number of nitrogens with zero attached hydrogens (tertiary/aromatic N) is 1. The maximum absolute atomic E-state index is 13.7. The molecule has 18 heavy (non-hydrogen) atoms. The Morgan fingerprint density at radius 2 is 2.28 bits per heavy atom. The third-order valence-electron chi connectivity index (χ3n) is 2.55. The number of nitriles is 1. The Labute approximate surface area is 107 Å². The number of aryl methyl sites for hydroxylation is 1. The molecule has 1 aromatic carbocycles. The largest absolute Gasteiger partial charge is 0.443 e. The highest BCUT2D eigenvalue weighted by atomic mass is 32.1. The smallest absolute Gasteiger partial charge is 0.349 e. The second-order valence-electron chi connectivity index (χ2n) is 3.85. The van der Waals surface area contributed by atoms with Crippen LogP contribution < -0.4 is 0 Å². The molecule has 0 saturated heterocycles. The van der Waals surface area contributed by atoms with Gasteiger partial charge in [0.2, 0.25) is 0 Å². The highest BCUT2D eigenvalue weighted by Crippen LogP contribution is 2.33. The third kappa shape index (κ3) is 2.07. The molecule has 0 amide bonds. The lowest BCUT2D eigenvalue weighted by molar-refractivity contribution is 0.0440. The van der Waals surface area contributed by atoms with E-state index in [0.717, 1.165) is 0 Å². The van der Waals surface area contributed by atoms with Gasteiger partial charge < -0.3 is 4.74 Å². The molecule has 0 spiro atoms. The Bertz CT molecular complexity index is 657. The fourth-order valence-corrected chi connectivity index (χ4v) is 2.79. The van der Waals surface area contributed by atoms with Crippen molar-refractivity contribution in [3.63, 3.8) is 0 Å². The van der Waals surface area contributed by atoms with Crippen LogP contribution in [0.1, 0.15) is 22.2 Å². The Kier molecular flexibility index (Phi) is 3.30. The molecule has 2 rings (SSSR count). The molecule has 1 atom stereocenters. The van der Waals surface area contributed by atoms with E-state index in [1.165, 1.54) is 24.3 Å². The van der Waals surface area contributed by atoms with Crippen molar-refractivity contribution in [2.75, 3.05) is 0 Å². The van der Waals surface area contributed by atoms with Crippen molar-refractivity contribution >= 4 is 27.4 Å². The van der Waals surface area contributed by atoms with Gasteiger partial charge in [-0.1, -0.05) is 6.07 Å². The number of ether oxygens (including phenoxy) is 1. The SMILES string of the molecule is Cc1c(C(=O)O[C@H](C)C#N)sc2cccc(F)c12. The Balaban J connectivity index is 2.47. The molecule has 0 aliphatic heterocycles. The highest BCUT2D eigenvalue weighted by Gasteiger charge is 2.20. The number of fused-ring (bicyclic) bond motifs is 1. The minimum Gasteiger partial charge on any atom is -0.443 e. The van der Waals surface area contributed by atoms with Crippen molar-refractivity contribution in [1.82, 2.24) is 0 Å². The molecule has 5 heteroatoms. The monoisotopic (exact) mass is 263 g/mol. The van der Waals surface area contributed by atoms with Crippen LogP contribution in [-0.4, -0.2) is 12.1 Å². The summed E-state index contributed by atoms with van der Waals surface area (Å²) in [5.74, 6) is -0.934. The summed E-state index contributed by atoms with van der Waals surface area (Å²) in [5, 5.41) is 9.04. The molecule has 1 aromatic heterocycles. The van der Waals surface area contributed by atoms with Crippen LogP contribution in [0.5, 0.6) is 0 Å². The maximum Gasteiger partial charge on any atom is 0.349 e. The molecule has 0 aliphatic rings. The van der Waals surface area contributed by atoms with Gasteiger partial charge >= 0.3 is 5.97 Å². The average molecular weight is 263 g/mol. The van der Waals surface area contributed by atoms with Gasteiger partial charge in [0.1, 0.15) is 16.8 Å². The van der Waals surface area contributed by atoms with E-state index >= 15 is 0 Å². The Morgan fingerprint density at radius 3 is 2.89 bits per heavy atom. The van der Waals surface area contributed by atoms with Crippen LogP contribution in [0.25, 0.3) is 10.1 Å². The van der Waals surface area contributed by atoms with Gasteiger partial charge in [0.05, 0.1) is 0 Å². The first-order chi connectivity index (χ1) is 8.54. The minimum atomic E-state index is -0.813. The Morgan fingerprint density at radius 1 is 1.56 bits per heavy atom. The summed E-state index contributed by atoms with van der Waals surface area (Å²) >= 11 is 1.17. The van der Waals surface area contributed by atoms with Crippen LogP contribution in [0, 0.1) is 24.1 Å². The lowest BCUT2D eigenvalue weighted by Crippen LogP contribution is -2.12. The van der Waals surface area contributed by atoms with Gasteiger partial charge in [-0.25, -0.2) is 9.18 Å².